The molecule has 31 heavy (non-hydrogen) atoms. The molecular formula is C22H20N2O5S2. The number of aromatic nitrogens is 1. The summed E-state index contributed by atoms with van der Waals surface area (Å²) in [4.78, 5) is 32.0. The van der Waals surface area contributed by atoms with E-state index in [-0.39, 0.29) is 17.9 Å². The smallest absolute Gasteiger partial charge is 0.338 e. The first-order valence-corrected chi connectivity index (χ1v) is 11.2. The molecule has 0 aliphatic carbocycles. The van der Waals surface area contributed by atoms with Crippen molar-refractivity contribution in [1.29, 1.82) is 0 Å². The molecule has 1 aromatic carbocycles. The van der Waals surface area contributed by atoms with Crippen molar-refractivity contribution in [1.82, 2.24) is 4.57 Å². The van der Waals surface area contributed by atoms with Gasteiger partial charge in [-0.1, -0.05) is 29.5 Å². The molecule has 1 aliphatic heterocycles. The number of rotatable bonds is 5. The Morgan fingerprint density at radius 2 is 2.13 bits per heavy atom. The zero-order chi connectivity index (χ0) is 22.1. The average Bonchev–Trinajstić information content (AvgIpc) is 3.37. The molecule has 0 spiro atoms. The normalized spacial score (nSPS) is 16.1. The molecule has 1 unspecified atom stereocenters. The molecule has 1 N–H and O–H groups in total. The van der Waals surface area contributed by atoms with E-state index in [1.807, 2.05) is 17.5 Å². The van der Waals surface area contributed by atoms with E-state index in [1.54, 1.807) is 38.1 Å². The Hall–Kier alpha value is -3.17. The van der Waals surface area contributed by atoms with Gasteiger partial charge in [0.15, 0.2) is 16.3 Å². The van der Waals surface area contributed by atoms with Gasteiger partial charge in [0.1, 0.15) is 6.04 Å². The number of benzene rings is 1. The molecular weight excluding hydrogens is 436 g/mol. The van der Waals surface area contributed by atoms with Gasteiger partial charge in [-0.25, -0.2) is 9.79 Å². The number of thiazole rings is 1. The number of nitrogens with zero attached hydrogens (tertiary/aromatic N) is 2. The number of phenols is 1. The molecule has 2 aromatic heterocycles. The third kappa shape index (κ3) is 3.70. The van der Waals surface area contributed by atoms with Crippen molar-refractivity contribution in [3.8, 4) is 11.5 Å². The van der Waals surface area contributed by atoms with Crippen molar-refractivity contribution in [3.63, 3.8) is 0 Å². The van der Waals surface area contributed by atoms with Crippen LogP contribution in [-0.4, -0.2) is 29.4 Å². The maximum Gasteiger partial charge on any atom is 0.338 e. The number of aromatic hydroxyl groups is 1. The second-order valence-corrected chi connectivity index (χ2v) is 8.70. The number of ether oxygens (including phenoxy) is 2. The maximum absolute atomic E-state index is 13.4. The van der Waals surface area contributed by atoms with E-state index in [0.717, 1.165) is 4.88 Å². The van der Waals surface area contributed by atoms with Crippen molar-refractivity contribution in [2.24, 2.45) is 4.99 Å². The molecule has 0 amide bonds. The third-order valence-electron chi connectivity index (χ3n) is 4.87. The number of carbonyl (C=O) groups excluding carboxylic acids is 1. The number of hydrogen-bond acceptors (Lipinski definition) is 8. The quantitative estimate of drug-likeness (QED) is 0.596. The summed E-state index contributed by atoms with van der Waals surface area (Å²) in [6.45, 7) is 3.72. The highest BCUT2D eigenvalue weighted by Crippen LogP contribution is 2.33. The minimum Gasteiger partial charge on any atom is -0.504 e. The summed E-state index contributed by atoms with van der Waals surface area (Å²) in [5.74, 6) is -0.214. The van der Waals surface area contributed by atoms with Crippen LogP contribution in [-0.2, 0) is 9.53 Å². The second kappa shape index (κ2) is 8.52. The number of allylic oxidation sites excluding steroid dienone is 1. The minimum absolute atomic E-state index is 0.0472. The standard InChI is InChI=1S/C22H20N2O5S2/c1-4-29-21(27)17-12(2)23-22-24(18(17)15-9-6-10-30-15)20(26)16(31-22)11-13-7-5-8-14(28-3)19(13)25/h5-11,18,25H,4H2,1-3H3/b16-11+. The molecule has 7 nitrogen and oxygen atoms in total. The monoisotopic (exact) mass is 456 g/mol. The van der Waals surface area contributed by atoms with E-state index >= 15 is 0 Å². The van der Waals surface area contributed by atoms with Crippen LogP contribution in [0.1, 0.15) is 30.3 Å². The molecule has 0 saturated carbocycles. The number of carbonyl (C=O) groups is 1. The van der Waals surface area contributed by atoms with Gasteiger partial charge in [0, 0.05) is 10.4 Å². The summed E-state index contributed by atoms with van der Waals surface area (Å²) in [6, 6.07) is 8.22. The minimum atomic E-state index is -0.614. The lowest BCUT2D eigenvalue weighted by molar-refractivity contribution is -0.139. The zero-order valence-electron chi connectivity index (χ0n) is 17.1. The second-order valence-electron chi connectivity index (χ2n) is 6.72. The van der Waals surface area contributed by atoms with Crippen LogP contribution in [0.3, 0.4) is 0 Å². The predicted octanol–water partition coefficient (Wildman–Crippen LogP) is 2.57. The Kier molecular flexibility index (Phi) is 5.79. The lowest BCUT2D eigenvalue weighted by atomic mass is 10.0. The van der Waals surface area contributed by atoms with Crippen molar-refractivity contribution in [3.05, 3.63) is 77.1 Å². The van der Waals surface area contributed by atoms with Gasteiger partial charge in [-0.2, -0.15) is 0 Å². The lowest BCUT2D eigenvalue weighted by Gasteiger charge is -2.23. The topological polar surface area (TPSA) is 90.1 Å². The van der Waals surface area contributed by atoms with E-state index in [0.29, 0.717) is 31.9 Å². The van der Waals surface area contributed by atoms with Crippen molar-refractivity contribution in [2.75, 3.05) is 13.7 Å². The van der Waals surface area contributed by atoms with Gasteiger partial charge >= 0.3 is 5.97 Å². The van der Waals surface area contributed by atoms with E-state index in [4.69, 9.17) is 9.47 Å². The van der Waals surface area contributed by atoms with Gasteiger partial charge < -0.3 is 14.6 Å². The molecule has 3 aromatic rings. The molecule has 1 aliphatic rings. The summed E-state index contributed by atoms with van der Waals surface area (Å²) in [6.07, 6.45) is 1.61. The van der Waals surface area contributed by atoms with Crippen molar-refractivity contribution in [2.45, 2.75) is 19.9 Å². The first-order chi connectivity index (χ1) is 15.0. The van der Waals surface area contributed by atoms with E-state index < -0.39 is 12.0 Å². The summed E-state index contributed by atoms with van der Waals surface area (Å²) < 4.78 is 12.3. The first kappa shape index (κ1) is 21.1. The summed E-state index contributed by atoms with van der Waals surface area (Å²) in [5, 5.41) is 12.3. The molecule has 0 radical (unpaired) electrons. The van der Waals surface area contributed by atoms with Gasteiger partial charge in [-0.05, 0) is 37.4 Å². The molecule has 3 heterocycles. The molecule has 4 rings (SSSR count). The number of esters is 1. The van der Waals surface area contributed by atoms with E-state index in [2.05, 4.69) is 4.99 Å². The maximum atomic E-state index is 13.4. The Balaban J connectivity index is 1.95. The highest BCUT2D eigenvalue weighted by molar-refractivity contribution is 7.10. The summed E-state index contributed by atoms with van der Waals surface area (Å²) in [7, 11) is 1.47. The first-order valence-electron chi connectivity index (χ1n) is 9.55. The molecule has 0 bridgehead atoms. The number of hydrogen-bond donors (Lipinski definition) is 1. The van der Waals surface area contributed by atoms with Crippen LogP contribution in [0.2, 0.25) is 0 Å². The molecule has 9 heteroatoms. The fourth-order valence-electron chi connectivity index (χ4n) is 3.47. The SMILES string of the molecule is CCOC(=O)C1=C(C)N=c2s/c(=C/c3cccc(OC)c3O)c(=O)n2C1c1cccs1. The third-order valence-corrected chi connectivity index (χ3v) is 6.77. The van der Waals surface area contributed by atoms with Crippen molar-refractivity contribution < 1.29 is 19.4 Å². The summed E-state index contributed by atoms with van der Waals surface area (Å²) >= 11 is 2.66. The van der Waals surface area contributed by atoms with Crippen LogP contribution < -0.4 is 19.6 Å². The zero-order valence-corrected chi connectivity index (χ0v) is 18.8. The summed E-state index contributed by atoms with van der Waals surface area (Å²) in [5.41, 5.74) is 1.04. The van der Waals surface area contributed by atoms with Crippen LogP contribution in [0.15, 0.2) is 56.8 Å². The van der Waals surface area contributed by atoms with Gasteiger partial charge in [0.25, 0.3) is 5.56 Å². The Labute approximate surface area is 185 Å². The Morgan fingerprint density at radius 3 is 2.81 bits per heavy atom. The largest absolute Gasteiger partial charge is 0.504 e. The van der Waals surface area contributed by atoms with Gasteiger partial charge in [-0.3, -0.25) is 9.36 Å². The predicted molar refractivity (Wildman–Crippen MR) is 119 cm³/mol. The van der Waals surface area contributed by atoms with Gasteiger partial charge in [-0.15, -0.1) is 11.3 Å². The fraction of sp³-hybridized carbons (Fsp3) is 0.227. The average molecular weight is 457 g/mol. The highest BCUT2D eigenvalue weighted by atomic mass is 32.1. The number of para-hydroxylation sites is 1. The van der Waals surface area contributed by atoms with Crippen LogP contribution in [0.25, 0.3) is 6.08 Å². The molecule has 0 saturated heterocycles. The van der Waals surface area contributed by atoms with Crippen LogP contribution in [0.5, 0.6) is 11.5 Å². The van der Waals surface area contributed by atoms with Gasteiger partial charge in [0.2, 0.25) is 0 Å². The number of thiophene rings is 1. The Bertz CT molecular complexity index is 1350. The van der Waals surface area contributed by atoms with Crippen LogP contribution in [0, 0.1) is 0 Å². The fourth-order valence-corrected chi connectivity index (χ4v) is 5.33. The molecule has 1 atom stereocenters. The Morgan fingerprint density at radius 1 is 1.32 bits per heavy atom. The van der Waals surface area contributed by atoms with Crippen molar-refractivity contribution >= 4 is 34.7 Å². The lowest BCUT2D eigenvalue weighted by Crippen LogP contribution is -2.39. The number of fused-ring (bicyclic) bond motifs is 1. The van der Waals surface area contributed by atoms with E-state index in [1.165, 1.54) is 34.4 Å². The number of methoxy groups -OCH3 is 1. The van der Waals surface area contributed by atoms with Gasteiger partial charge in [0.05, 0.1) is 29.5 Å². The van der Waals surface area contributed by atoms with Crippen LogP contribution >= 0.6 is 22.7 Å². The van der Waals surface area contributed by atoms with E-state index in [9.17, 15) is 14.7 Å². The van der Waals surface area contributed by atoms with Crippen LogP contribution in [0.4, 0.5) is 0 Å². The highest BCUT2D eigenvalue weighted by Gasteiger charge is 2.33. The molecule has 160 valence electrons. The number of phenolic OH excluding ortho intramolecular Hbond substituents is 1. The molecule has 0 fully saturated rings.